The molecule has 0 unspecified atom stereocenters. The molecule has 0 aliphatic heterocycles. The Balaban J connectivity index is 0.000000213. The zero-order valence-electron chi connectivity index (χ0n) is 43.7. The predicted octanol–water partition coefficient (Wildman–Crippen LogP) is 13.7. The average molecular weight is 1140 g/mol. The van der Waals surface area contributed by atoms with Crippen molar-refractivity contribution in [2.45, 2.75) is 24.4 Å². The van der Waals surface area contributed by atoms with Crippen LogP contribution in [0.5, 0.6) is 0 Å². The van der Waals surface area contributed by atoms with E-state index in [1.807, 2.05) is 153 Å². The molecule has 8 aromatic carbocycles. The summed E-state index contributed by atoms with van der Waals surface area (Å²) in [4.78, 5) is 2.22. The number of aliphatic hydroxyl groups is 2. The molecular weight excluding hydrogens is 1060 g/mol. The summed E-state index contributed by atoms with van der Waals surface area (Å²) in [6.45, 7) is 5.74. The number of likely N-dealkylation sites (N-methyl/N-ethyl adjacent to an activating group) is 2. The summed E-state index contributed by atoms with van der Waals surface area (Å²) < 4.78 is 23.2. The molecule has 0 bridgehead atoms. The number of ether oxygens (including phenoxy) is 4. The molecule has 0 aliphatic rings. The van der Waals surface area contributed by atoms with Crippen LogP contribution >= 0.6 is 31.9 Å². The normalized spacial score (nSPS) is 10.7. The van der Waals surface area contributed by atoms with Crippen molar-refractivity contribution < 1.29 is 29.2 Å². The smallest absolute Gasteiger partial charge is 0.108 e. The van der Waals surface area contributed by atoms with E-state index in [1.54, 1.807) is 7.11 Å². The Hall–Kier alpha value is -5.60. The highest BCUT2D eigenvalue weighted by atomic mass is 79.9. The first-order valence-electron chi connectivity index (χ1n) is 25.4. The van der Waals surface area contributed by atoms with Gasteiger partial charge >= 0.3 is 0 Å². The Labute approximate surface area is 464 Å². The fraction of sp³-hybridized carbons (Fsp3) is 0.262. The summed E-state index contributed by atoms with van der Waals surface area (Å²) >= 11 is 6.40. The van der Waals surface area contributed by atoms with Crippen LogP contribution in [0.2, 0.25) is 0 Å². The fourth-order valence-electron chi connectivity index (χ4n) is 7.51. The number of rotatable bonds is 23. The van der Waals surface area contributed by atoms with Crippen molar-refractivity contribution in [1.82, 2.24) is 10.2 Å². The summed E-state index contributed by atoms with van der Waals surface area (Å²) in [6, 6.07) is 81.4. The number of nitrogens with zero attached hydrogens (tertiary/aromatic N) is 1. The van der Waals surface area contributed by atoms with Crippen LogP contribution in [0.1, 0.15) is 68.9 Å². The maximum absolute atomic E-state index is 9.99. The van der Waals surface area contributed by atoms with Crippen molar-refractivity contribution >= 4 is 31.9 Å². The first-order valence-corrected chi connectivity index (χ1v) is 27.7. The summed E-state index contributed by atoms with van der Waals surface area (Å²) in [5.41, 5.74) is 9.01. The van der Waals surface area contributed by atoms with Gasteiger partial charge in [-0.15, -0.1) is 0 Å². The van der Waals surface area contributed by atoms with Gasteiger partial charge in [0, 0.05) is 37.4 Å². The van der Waals surface area contributed by atoms with Gasteiger partial charge in [0.15, 0.2) is 0 Å². The average Bonchev–Trinajstić information content (AvgIpc) is 3.49. The van der Waals surface area contributed by atoms with Gasteiger partial charge in [0.2, 0.25) is 0 Å². The zero-order valence-corrected chi connectivity index (χ0v) is 46.9. The van der Waals surface area contributed by atoms with Gasteiger partial charge in [0.1, 0.15) is 24.4 Å². The van der Waals surface area contributed by atoms with Crippen LogP contribution in [0.4, 0.5) is 0 Å². The quantitative estimate of drug-likeness (QED) is 0.0431. The van der Waals surface area contributed by atoms with E-state index < -0.39 is 6.10 Å². The highest BCUT2D eigenvalue weighted by Gasteiger charge is 2.16. The molecule has 0 saturated heterocycles. The molecule has 0 aliphatic carbocycles. The molecule has 3 N–H and O–H groups in total. The van der Waals surface area contributed by atoms with Crippen molar-refractivity contribution in [3.8, 4) is 0 Å². The molecule has 0 spiro atoms. The van der Waals surface area contributed by atoms with Crippen molar-refractivity contribution in [3.05, 3.63) is 287 Å². The van der Waals surface area contributed by atoms with E-state index in [9.17, 15) is 5.11 Å². The molecule has 0 radical (unpaired) electrons. The Bertz CT molecular complexity index is 2360. The van der Waals surface area contributed by atoms with Crippen LogP contribution in [-0.4, -0.2) is 99.6 Å². The molecule has 8 nitrogen and oxygen atoms in total. The third-order valence-electron chi connectivity index (χ3n) is 11.4. The zero-order chi connectivity index (χ0) is 53.4. The van der Waals surface area contributed by atoms with Crippen molar-refractivity contribution in [2.24, 2.45) is 0 Å². The van der Waals surface area contributed by atoms with E-state index in [1.165, 1.54) is 33.4 Å². The minimum absolute atomic E-state index is 0.0146. The molecule has 0 heterocycles. The Morgan fingerprint density at radius 1 is 0.400 bits per heavy atom. The minimum atomic E-state index is -0.516. The summed E-state index contributed by atoms with van der Waals surface area (Å²) in [5, 5.41) is 22.5. The second-order valence-electron chi connectivity index (χ2n) is 16.9. The van der Waals surface area contributed by atoms with Gasteiger partial charge in [-0.3, -0.25) is 0 Å². The van der Waals surface area contributed by atoms with Crippen LogP contribution in [0, 0.1) is 0 Å². The monoisotopic (exact) mass is 1140 g/mol. The maximum Gasteiger partial charge on any atom is 0.108 e. The number of alkyl halides is 2. The van der Waals surface area contributed by atoms with Gasteiger partial charge in [-0.1, -0.05) is 275 Å². The first-order chi connectivity index (χ1) is 36.9. The minimum Gasteiger partial charge on any atom is -0.396 e. The lowest BCUT2D eigenvalue weighted by Gasteiger charge is -2.21. The second kappa shape index (κ2) is 39.8. The molecule has 0 fully saturated rings. The van der Waals surface area contributed by atoms with E-state index in [-0.39, 0.29) is 24.9 Å². The van der Waals surface area contributed by atoms with Gasteiger partial charge in [0.25, 0.3) is 0 Å². The van der Waals surface area contributed by atoms with E-state index in [0.29, 0.717) is 25.2 Å². The Kier molecular flexibility index (Phi) is 32.8. The maximum atomic E-state index is 9.99. The summed E-state index contributed by atoms with van der Waals surface area (Å²) in [7, 11) is 5.75. The SMILES string of the molecule is BrCCOC(c1ccccc1)c1ccccc1.CNCCOC(c1ccccc1)c1ccccc1.COCCN(C)CCOC(c1ccccc1)c1ccccc1.OC(c1ccccc1)c1ccccc1.OCCBr. The van der Waals surface area contributed by atoms with Gasteiger partial charge in [-0.05, 0) is 58.6 Å². The molecule has 0 atom stereocenters. The topological polar surface area (TPSA) is 92.7 Å². The standard InChI is InChI=1S/C19H25NO2.C16H19NO.C15H15BrO.C13H12O.C2H5BrO/c1-20(13-15-21-2)14-16-22-19(17-9-5-3-6-10-17)18-11-7-4-8-12-18;1-17-12-13-18-16(14-8-4-2-5-9-14)15-10-6-3-7-11-15;16-11-12-17-15(13-7-3-1-4-8-13)14-9-5-2-6-10-14;14-13(11-7-3-1-4-8-11)12-9-5-2-6-10-12;3-1-2-4/h3-12,19H,13-16H2,1-2H3;2-11,16-17H,12-13H2,1H3;1-10,15H,11-12H2;1-10,13-14H;4H,1-2H2. The number of halogens is 2. The summed E-state index contributed by atoms with van der Waals surface area (Å²) in [6.07, 6.45) is -0.494. The van der Waals surface area contributed by atoms with Crippen molar-refractivity contribution in [1.29, 1.82) is 0 Å². The first kappa shape index (κ1) is 61.9. The number of nitrogens with one attached hydrogen (secondary N) is 1. The third kappa shape index (κ3) is 24.7. The Morgan fingerprint density at radius 2 is 0.653 bits per heavy atom. The fourth-order valence-corrected chi connectivity index (χ4v) is 7.70. The van der Waals surface area contributed by atoms with E-state index >= 15 is 0 Å². The number of hydrogen-bond donors (Lipinski definition) is 3. The van der Waals surface area contributed by atoms with Gasteiger partial charge in [-0.2, -0.15) is 0 Å². The van der Waals surface area contributed by atoms with Crippen molar-refractivity contribution in [3.63, 3.8) is 0 Å². The molecule has 0 amide bonds. The Morgan fingerprint density at radius 3 is 0.907 bits per heavy atom. The molecular formula is C65H76Br2N2O6. The molecule has 0 aromatic heterocycles. The largest absolute Gasteiger partial charge is 0.396 e. The molecule has 8 rings (SSSR count). The lowest BCUT2D eigenvalue weighted by Crippen LogP contribution is -2.27. The van der Waals surface area contributed by atoms with E-state index in [0.717, 1.165) is 42.7 Å². The number of methoxy groups -OCH3 is 1. The lowest BCUT2D eigenvalue weighted by atomic mass is 10.0. The molecule has 8 aromatic rings. The van der Waals surface area contributed by atoms with Crippen molar-refractivity contribution in [2.75, 3.05) is 84.5 Å². The molecule has 75 heavy (non-hydrogen) atoms. The van der Waals surface area contributed by atoms with Crippen LogP contribution in [0.3, 0.4) is 0 Å². The van der Waals surface area contributed by atoms with E-state index in [2.05, 4.69) is 146 Å². The molecule has 10 heteroatoms. The van der Waals surface area contributed by atoms with Crippen LogP contribution in [0.15, 0.2) is 243 Å². The number of hydrogen-bond acceptors (Lipinski definition) is 8. The second-order valence-corrected chi connectivity index (χ2v) is 18.5. The van der Waals surface area contributed by atoms with Gasteiger partial charge < -0.3 is 39.4 Å². The highest BCUT2D eigenvalue weighted by molar-refractivity contribution is 9.09. The van der Waals surface area contributed by atoms with Crippen LogP contribution in [-0.2, 0) is 18.9 Å². The van der Waals surface area contributed by atoms with Crippen LogP contribution in [0.25, 0.3) is 0 Å². The molecule has 396 valence electrons. The number of benzene rings is 8. The van der Waals surface area contributed by atoms with Gasteiger partial charge in [0.05, 0.1) is 33.0 Å². The lowest BCUT2D eigenvalue weighted by molar-refractivity contribution is 0.0593. The predicted molar refractivity (Wildman–Crippen MR) is 317 cm³/mol. The highest BCUT2D eigenvalue weighted by Crippen LogP contribution is 2.28. The molecule has 0 saturated carbocycles. The van der Waals surface area contributed by atoms with Crippen LogP contribution < -0.4 is 5.32 Å². The third-order valence-corrected chi connectivity index (χ3v) is 12.0. The summed E-state index contributed by atoms with van der Waals surface area (Å²) in [5.74, 6) is 0. The van der Waals surface area contributed by atoms with Gasteiger partial charge in [-0.25, -0.2) is 0 Å². The number of aliphatic hydroxyl groups excluding tert-OH is 2. The van der Waals surface area contributed by atoms with E-state index in [4.69, 9.17) is 24.1 Å².